The largest absolute Gasteiger partial charge is 0.442 e. The van der Waals surface area contributed by atoms with Gasteiger partial charge in [-0.25, -0.2) is 9.37 Å². The minimum atomic E-state index is -0.715. The molecule has 1 unspecified atom stereocenters. The second-order valence-electron chi connectivity index (χ2n) is 6.99. The molecule has 0 aromatic carbocycles. The smallest absolute Gasteiger partial charge is 0.405 e. The highest BCUT2D eigenvalue weighted by atomic mass is 16.6. The average Bonchev–Trinajstić information content (AvgIpc) is 2.62. The minimum absolute atomic E-state index is 0.272. The molecule has 2 bridgehead atoms. The summed E-state index contributed by atoms with van der Waals surface area (Å²) in [4.78, 5) is 11.0. The maximum Gasteiger partial charge on any atom is 0.405 e. The Hall–Kier alpha value is -2.10. The number of carbonyl (C=O) groups is 1. The first-order valence-electron chi connectivity index (χ1n) is 9.94. The lowest BCUT2D eigenvalue weighted by Gasteiger charge is -2.11. The normalized spacial score (nSPS) is 23.2. The van der Waals surface area contributed by atoms with Gasteiger partial charge in [-0.15, -0.1) is 0 Å². The van der Waals surface area contributed by atoms with Crippen LogP contribution in [0.5, 0.6) is 0 Å². The summed E-state index contributed by atoms with van der Waals surface area (Å²) in [6.07, 6.45) is 26.1. The van der Waals surface area contributed by atoms with Gasteiger partial charge in [0.05, 0.1) is 0 Å². The van der Waals surface area contributed by atoms with Crippen LogP contribution in [0.3, 0.4) is 0 Å². The third-order valence-corrected chi connectivity index (χ3v) is 4.75. The van der Waals surface area contributed by atoms with Crippen LogP contribution in [0, 0.1) is 0 Å². The summed E-state index contributed by atoms with van der Waals surface area (Å²) in [6, 6.07) is 0. The summed E-state index contributed by atoms with van der Waals surface area (Å²) in [5, 5.41) is 0. The summed E-state index contributed by atoms with van der Waals surface area (Å²) in [5.74, 6) is 0. The van der Waals surface area contributed by atoms with E-state index < -0.39 is 6.09 Å². The highest BCUT2D eigenvalue weighted by Gasteiger charge is 2.11. The Morgan fingerprint density at radius 1 is 1.08 bits per heavy atom. The molecule has 0 aromatic rings. The number of carbonyl (C=O) groups excluding carboxylic acids is 1. The van der Waals surface area contributed by atoms with Crippen molar-refractivity contribution in [2.45, 2.75) is 63.9 Å². The van der Waals surface area contributed by atoms with Crippen LogP contribution in [0.15, 0.2) is 48.1 Å². The van der Waals surface area contributed by atoms with Crippen LogP contribution >= 0.6 is 0 Å². The zero-order valence-corrected chi connectivity index (χ0v) is 15.8. The standard InChI is InChI=1S/C22H32N2O2/c23-22(25)26-21-15-9-5-2-1-4-8-13-20-14-12-18-24(19-20)17-11-7-3-6-10-16-21/h3,6-7,9-10,14-15,18,21H,1-2,4-5,8,11-13,16-17,19H2,(H-,23,25)/p+1. The highest BCUT2D eigenvalue weighted by molar-refractivity contribution is 5.65. The van der Waals surface area contributed by atoms with Gasteiger partial charge in [0.2, 0.25) is 0 Å². The van der Waals surface area contributed by atoms with Crippen molar-refractivity contribution < 1.29 is 14.1 Å². The molecule has 2 N–H and O–H groups in total. The number of ether oxygens (including phenoxy) is 1. The van der Waals surface area contributed by atoms with E-state index in [1.807, 2.05) is 18.2 Å². The van der Waals surface area contributed by atoms with Crippen LogP contribution < -0.4 is 5.73 Å². The Bertz CT molecular complexity index is 585. The van der Waals surface area contributed by atoms with E-state index in [9.17, 15) is 4.79 Å². The molecule has 2 aliphatic heterocycles. The van der Waals surface area contributed by atoms with Crippen LogP contribution in [0.2, 0.25) is 0 Å². The van der Waals surface area contributed by atoms with Gasteiger partial charge in [-0.2, -0.15) is 0 Å². The van der Waals surface area contributed by atoms with E-state index in [-0.39, 0.29) is 6.10 Å². The van der Waals surface area contributed by atoms with Crippen LogP contribution in [0.4, 0.5) is 4.79 Å². The molecule has 26 heavy (non-hydrogen) atoms. The number of amides is 1. The van der Waals surface area contributed by atoms with Crippen molar-refractivity contribution in [3.8, 4) is 0 Å². The number of nitrogens with two attached hydrogens (primary N) is 1. The van der Waals surface area contributed by atoms with E-state index in [1.165, 1.54) is 32.1 Å². The summed E-state index contributed by atoms with van der Waals surface area (Å²) >= 11 is 0. The van der Waals surface area contributed by atoms with Gasteiger partial charge >= 0.3 is 6.09 Å². The molecule has 1 amide bonds. The van der Waals surface area contributed by atoms with Gasteiger partial charge in [0.1, 0.15) is 18.9 Å². The monoisotopic (exact) mass is 357 g/mol. The number of primary amides is 1. The van der Waals surface area contributed by atoms with Gasteiger partial charge in [0.25, 0.3) is 0 Å². The second-order valence-corrected chi connectivity index (χ2v) is 6.99. The number of hydrogen-bond acceptors (Lipinski definition) is 2. The van der Waals surface area contributed by atoms with Crippen LogP contribution in [0.1, 0.15) is 57.8 Å². The number of allylic oxidation sites excluding steroid dienone is 4. The SMILES string of the molecule is NC(=O)OC1C=CCCCCCCC2=CCC=[N+](CCC=CC=CC1)C2. The number of rotatable bonds is 1. The van der Waals surface area contributed by atoms with E-state index in [0.29, 0.717) is 6.42 Å². The van der Waals surface area contributed by atoms with E-state index >= 15 is 0 Å². The lowest BCUT2D eigenvalue weighted by molar-refractivity contribution is -0.516. The predicted octanol–water partition coefficient (Wildman–Crippen LogP) is 4.67. The molecule has 0 radical (unpaired) electrons. The first-order chi connectivity index (χ1) is 12.7. The quantitative estimate of drug-likeness (QED) is 0.548. The van der Waals surface area contributed by atoms with Crippen LogP contribution in [0.25, 0.3) is 0 Å². The molecule has 2 heterocycles. The molecule has 0 saturated heterocycles. The summed E-state index contributed by atoms with van der Waals surface area (Å²) in [5.41, 5.74) is 6.76. The molecule has 142 valence electrons. The molecular formula is C22H33N2O2+. The summed E-state index contributed by atoms with van der Waals surface area (Å²) in [6.45, 7) is 2.16. The highest BCUT2D eigenvalue weighted by Crippen LogP contribution is 2.15. The van der Waals surface area contributed by atoms with E-state index in [0.717, 1.165) is 32.4 Å². The van der Waals surface area contributed by atoms with Gasteiger partial charge < -0.3 is 10.5 Å². The molecule has 2 rings (SSSR count). The lowest BCUT2D eigenvalue weighted by atomic mass is 10.0. The third kappa shape index (κ3) is 8.84. The zero-order chi connectivity index (χ0) is 18.5. The van der Waals surface area contributed by atoms with Crippen molar-refractivity contribution in [3.63, 3.8) is 0 Å². The van der Waals surface area contributed by atoms with Crippen molar-refractivity contribution >= 4 is 12.3 Å². The van der Waals surface area contributed by atoms with Gasteiger partial charge in [-0.3, -0.25) is 0 Å². The molecular weight excluding hydrogens is 324 g/mol. The van der Waals surface area contributed by atoms with E-state index in [2.05, 4.69) is 35.1 Å². The molecule has 0 spiro atoms. The molecule has 0 saturated carbocycles. The van der Waals surface area contributed by atoms with Crippen molar-refractivity contribution in [1.82, 2.24) is 0 Å². The molecule has 4 nitrogen and oxygen atoms in total. The fourth-order valence-corrected chi connectivity index (χ4v) is 3.35. The molecule has 0 aromatic heterocycles. The van der Waals surface area contributed by atoms with Gasteiger partial charge in [0, 0.05) is 19.3 Å². The fourth-order valence-electron chi connectivity index (χ4n) is 3.35. The van der Waals surface area contributed by atoms with Crippen LogP contribution in [-0.4, -0.2) is 36.1 Å². The Balaban J connectivity index is 1.91. The van der Waals surface area contributed by atoms with Crippen molar-refractivity contribution in [3.05, 3.63) is 48.1 Å². The van der Waals surface area contributed by atoms with E-state index in [1.54, 1.807) is 5.57 Å². The number of nitrogens with zero attached hydrogens (tertiary/aromatic N) is 1. The Morgan fingerprint density at radius 2 is 1.92 bits per heavy atom. The molecule has 0 fully saturated rings. The first-order valence-corrected chi connectivity index (χ1v) is 9.94. The Morgan fingerprint density at radius 3 is 2.81 bits per heavy atom. The lowest BCUT2D eigenvalue weighted by Crippen LogP contribution is -2.20. The molecule has 1 atom stereocenters. The molecule has 4 heteroatoms. The van der Waals surface area contributed by atoms with Gasteiger partial charge in [0.15, 0.2) is 6.54 Å². The van der Waals surface area contributed by atoms with Gasteiger partial charge in [-0.1, -0.05) is 49.3 Å². The van der Waals surface area contributed by atoms with Crippen molar-refractivity contribution in [2.24, 2.45) is 5.73 Å². The Kier molecular flexibility index (Phi) is 9.55. The fraction of sp³-hybridized carbons (Fsp3) is 0.545. The molecule has 0 aliphatic carbocycles. The minimum Gasteiger partial charge on any atom is -0.442 e. The topological polar surface area (TPSA) is 55.3 Å². The number of hydrogen-bond donors (Lipinski definition) is 1. The first kappa shape index (κ1) is 20.2. The maximum atomic E-state index is 11.0. The maximum absolute atomic E-state index is 11.0. The second kappa shape index (κ2) is 12.3. The average molecular weight is 358 g/mol. The van der Waals surface area contributed by atoms with E-state index in [4.69, 9.17) is 10.5 Å². The third-order valence-electron chi connectivity index (χ3n) is 4.75. The summed E-state index contributed by atoms with van der Waals surface area (Å²) < 4.78 is 7.60. The van der Waals surface area contributed by atoms with Gasteiger partial charge in [-0.05, 0) is 37.3 Å². The number of fused-ring (bicyclic) bond motifs is 2. The van der Waals surface area contributed by atoms with Crippen molar-refractivity contribution in [2.75, 3.05) is 13.1 Å². The predicted molar refractivity (Wildman–Crippen MR) is 108 cm³/mol. The van der Waals surface area contributed by atoms with Crippen molar-refractivity contribution in [1.29, 1.82) is 0 Å². The van der Waals surface area contributed by atoms with Crippen LogP contribution in [-0.2, 0) is 4.74 Å². The zero-order valence-electron chi connectivity index (χ0n) is 15.8. The summed E-state index contributed by atoms with van der Waals surface area (Å²) in [7, 11) is 0. The Labute approximate surface area is 157 Å². The molecule has 2 aliphatic rings.